The molecule has 1 heterocycles. The molecule has 1 rings (SSSR count). The fourth-order valence-corrected chi connectivity index (χ4v) is 2.68. The summed E-state index contributed by atoms with van der Waals surface area (Å²) in [4.78, 5) is 1.32. The lowest BCUT2D eigenvalue weighted by molar-refractivity contribution is 0.450. The topological polar surface area (TPSA) is 37.8 Å². The van der Waals surface area contributed by atoms with Crippen molar-refractivity contribution in [1.82, 2.24) is 14.9 Å². The van der Waals surface area contributed by atoms with E-state index in [9.17, 15) is 0 Å². The smallest absolute Gasteiger partial charge is 0.0772 e. The maximum atomic E-state index is 4.12. The average Bonchev–Trinajstić information content (AvgIpc) is 2.69. The van der Waals surface area contributed by atoms with Crippen LogP contribution in [0, 0.1) is 12.8 Å². The van der Waals surface area contributed by atoms with Gasteiger partial charge in [-0.1, -0.05) is 38.1 Å². The molecule has 0 aliphatic heterocycles. The summed E-state index contributed by atoms with van der Waals surface area (Å²) in [7, 11) is 0. The number of hydrogen-bond donors (Lipinski definition) is 1. The Morgan fingerprint density at radius 3 is 2.59 bits per heavy atom. The molecule has 1 atom stereocenters. The first-order chi connectivity index (χ1) is 8.15. The normalized spacial score (nSPS) is 13.2. The average molecular weight is 255 g/mol. The third kappa shape index (κ3) is 5.13. The first-order valence-corrected chi connectivity index (χ1v) is 7.44. The Morgan fingerprint density at radius 1 is 1.29 bits per heavy atom. The lowest BCUT2D eigenvalue weighted by Crippen LogP contribution is -2.22. The Morgan fingerprint density at radius 2 is 2.06 bits per heavy atom. The summed E-state index contributed by atoms with van der Waals surface area (Å²) in [6, 6.07) is 0.452. The molecule has 98 valence electrons. The predicted molar refractivity (Wildman–Crippen MR) is 74.4 cm³/mol. The number of aryl methyl sites for hydroxylation is 1. The first-order valence-electron chi connectivity index (χ1n) is 6.67. The van der Waals surface area contributed by atoms with E-state index in [2.05, 4.69) is 42.6 Å². The van der Waals surface area contributed by atoms with E-state index in [1.165, 1.54) is 30.6 Å². The minimum absolute atomic E-state index is 0.452. The molecule has 1 N–H and O–H groups in total. The molecule has 0 amide bonds. The van der Waals surface area contributed by atoms with Crippen molar-refractivity contribution in [3.05, 3.63) is 10.6 Å². The third-order valence-corrected chi connectivity index (χ3v) is 3.86. The fourth-order valence-electron chi connectivity index (χ4n) is 1.93. The lowest BCUT2D eigenvalue weighted by Gasteiger charge is -2.17. The molecule has 0 aliphatic carbocycles. The van der Waals surface area contributed by atoms with Gasteiger partial charge in [-0.25, -0.2) is 0 Å². The summed E-state index contributed by atoms with van der Waals surface area (Å²) in [5, 5.41) is 7.73. The van der Waals surface area contributed by atoms with E-state index in [0.29, 0.717) is 6.04 Å². The van der Waals surface area contributed by atoms with Crippen LogP contribution in [-0.4, -0.2) is 16.1 Å². The van der Waals surface area contributed by atoms with Gasteiger partial charge in [-0.3, -0.25) is 0 Å². The fraction of sp³-hybridized carbons (Fsp3) is 0.846. The molecule has 0 spiro atoms. The van der Waals surface area contributed by atoms with Crippen molar-refractivity contribution in [2.45, 2.75) is 59.4 Å². The van der Waals surface area contributed by atoms with Crippen molar-refractivity contribution in [3.63, 3.8) is 0 Å². The van der Waals surface area contributed by atoms with Gasteiger partial charge >= 0.3 is 0 Å². The van der Waals surface area contributed by atoms with Crippen molar-refractivity contribution >= 4 is 11.5 Å². The number of nitrogens with one attached hydrogen (secondary N) is 1. The summed E-state index contributed by atoms with van der Waals surface area (Å²) in [5.41, 5.74) is 1.09. The Balaban J connectivity index is 2.52. The van der Waals surface area contributed by atoms with Crippen LogP contribution in [0.3, 0.4) is 0 Å². The van der Waals surface area contributed by atoms with E-state index < -0.39 is 0 Å². The van der Waals surface area contributed by atoms with Gasteiger partial charge in [0.1, 0.15) is 0 Å². The minimum atomic E-state index is 0.452. The van der Waals surface area contributed by atoms with Crippen LogP contribution in [0.15, 0.2) is 0 Å². The monoisotopic (exact) mass is 255 g/mol. The van der Waals surface area contributed by atoms with E-state index in [1.54, 1.807) is 11.5 Å². The summed E-state index contributed by atoms with van der Waals surface area (Å²) >= 11 is 1.54. The molecule has 0 saturated heterocycles. The van der Waals surface area contributed by atoms with Gasteiger partial charge in [-0.2, -0.15) is 0 Å². The minimum Gasteiger partial charge on any atom is -0.309 e. The molecule has 0 radical (unpaired) electrons. The van der Waals surface area contributed by atoms with Crippen molar-refractivity contribution < 1.29 is 0 Å². The third-order valence-electron chi connectivity index (χ3n) is 2.92. The predicted octanol–water partition coefficient (Wildman–Crippen LogP) is 3.71. The maximum Gasteiger partial charge on any atom is 0.0772 e. The highest BCUT2D eigenvalue weighted by atomic mass is 32.1. The van der Waals surface area contributed by atoms with E-state index in [4.69, 9.17) is 0 Å². The van der Waals surface area contributed by atoms with E-state index in [-0.39, 0.29) is 0 Å². The summed E-state index contributed by atoms with van der Waals surface area (Å²) < 4.78 is 4.05. The quantitative estimate of drug-likeness (QED) is 0.769. The number of nitrogens with zero attached hydrogens (tertiary/aromatic N) is 2. The van der Waals surface area contributed by atoms with Gasteiger partial charge in [0.15, 0.2) is 0 Å². The van der Waals surface area contributed by atoms with Gasteiger partial charge in [0.25, 0.3) is 0 Å². The van der Waals surface area contributed by atoms with Crippen LogP contribution in [0.2, 0.25) is 0 Å². The van der Waals surface area contributed by atoms with Crippen LogP contribution in [0.4, 0.5) is 0 Å². The number of rotatable bonds is 8. The zero-order chi connectivity index (χ0) is 12.7. The molecule has 1 aromatic rings. The SMILES string of the molecule is CCCNC(CCCC(C)C)c1snnc1C. The molecule has 1 unspecified atom stereocenters. The van der Waals surface area contributed by atoms with Crippen LogP contribution in [0.25, 0.3) is 0 Å². The molecule has 17 heavy (non-hydrogen) atoms. The number of aromatic nitrogens is 2. The summed E-state index contributed by atoms with van der Waals surface area (Å²) in [5.74, 6) is 0.794. The standard InChI is InChI=1S/C13H25N3S/c1-5-9-14-12(8-6-7-10(2)3)13-11(4)15-16-17-13/h10,12,14H,5-9H2,1-4H3. The van der Waals surface area contributed by atoms with Gasteiger partial charge < -0.3 is 5.32 Å². The molecule has 4 heteroatoms. The Kier molecular flexibility index (Phi) is 6.66. The number of hydrogen-bond acceptors (Lipinski definition) is 4. The molecule has 1 aromatic heterocycles. The van der Waals surface area contributed by atoms with E-state index >= 15 is 0 Å². The maximum absolute atomic E-state index is 4.12. The van der Waals surface area contributed by atoms with Gasteiger partial charge in [0.05, 0.1) is 10.6 Å². The van der Waals surface area contributed by atoms with Gasteiger partial charge in [-0.15, -0.1) is 5.10 Å². The van der Waals surface area contributed by atoms with Crippen molar-refractivity contribution in [2.75, 3.05) is 6.54 Å². The van der Waals surface area contributed by atoms with Crippen molar-refractivity contribution in [3.8, 4) is 0 Å². The highest BCUT2D eigenvalue weighted by Crippen LogP contribution is 2.25. The molecule has 0 saturated carbocycles. The molecule has 0 fully saturated rings. The first kappa shape index (κ1) is 14.6. The molecular formula is C13H25N3S. The molecule has 0 aromatic carbocycles. The molecule has 3 nitrogen and oxygen atoms in total. The van der Waals surface area contributed by atoms with Crippen LogP contribution in [-0.2, 0) is 0 Å². The summed E-state index contributed by atoms with van der Waals surface area (Å²) in [6.45, 7) is 9.91. The molecule has 0 aliphatic rings. The second kappa shape index (κ2) is 7.77. The van der Waals surface area contributed by atoms with Gasteiger partial charge in [0.2, 0.25) is 0 Å². The van der Waals surface area contributed by atoms with Gasteiger partial charge in [0, 0.05) is 6.04 Å². The zero-order valence-electron chi connectivity index (χ0n) is 11.5. The van der Waals surface area contributed by atoms with Crippen LogP contribution < -0.4 is 5.32 Å². The lowest BCUT2D eigenvalue weighted by atomic mass is 10.0. The van der Waals surface area contributed by atoms with Crippen LogP contribution >= 0.6 is 11.5 Å². The zero-order valence-corrected chi connectivity index (χ0v) is 12.3. The molecule has 0 bridgehead atoms. The van der Waals surface area contributed by atoms with Crippen LogP contribution in [0.1, 0.15) is 63.1 Å². The Hall–Kier alpha value is -0.480. The van der Waals surface area contributed by atoms with Gasteiger partial charge in [-0.05, 0) is 43.8 Å². The summed E-state index contributed by atoms with van der Waals surface area (Å²) in [6.07, 6.45) is 4.95. The second-order valence-electron chi connectivity index (χ2n) is 5.05. The van der Waals surface area contributed by atoms with E-state index in [1.807, 2.05) is 0 Å². The van der Waals surface area contributed by atoms with Crippen molar-refractivity contribution in [2.24, 2.45) is 5.92 Å². The van der Waals surface area contributed by atoms with Crippen LogP contribution in [0.5, 0.6) is 0 Å². The second-order valence-corrected chi connectivity index (χ2v) is 5.84. The van der Waals surface area contributed by atoms with Crippen molar-refractivity contribution in [1.29, 1.82) is 0 Å². The Bertz CT molecular complexity index is 309. The van der Waals surface area contributed by atoms with E-state index in [0.717, 1.165) is 18.2 Å². The largest absolute Gasteiger partial charge is 0.309 e. The highest BCUT2D eigenvalue weighted by Gasteiger charge is 2.16. The molecular weight excluding hydrogens is 230 g/mol. The highest BCUT2D eigenvalue weighted by molar-refractivity contribution is 7.05. The Labute approximate surface area is 109 Å².